The smallest absolute Gasteiger partial charge is 0.328 e. The van der Waals surface area contributed by atoms with Gasteiger partial charge in [-0.1, -0.05) is 20.8 Å². The van der Waals surface area contributed by atoms with Crippen LogP contribution in [0.2, 0.25) is 0 Å². The van der Waals surface area contributed by atoms with Crippen LogP contribution in [0.15, 0.2) is 23.1 Å². The zero-order valence-electron chi connectivity index (χ0n) is 19.3. The molecule has 0 unspecified atom stereocenters. The van der Waals surface area contributed by atoms with Crippen LogP contribution in [0, 0.1) is 12.5 Å². The predicted octanol–water partition coefficient (Wildman–Crippen LogP) is 4.02. The molecule has 1 aromatic carbocycles. The molecule has 0 saturated carbocycles. The van der Waals surface area contributed by atoms with Crippen molar-refractivity contribution in [2.24, 2.45) is 5.92 Å². The molecule has 0 spiro atoms. The van der Waals surface area contributed by atoms with Crippen molar-refractivity contribution in [3.8, 4) is 0 Å². The van der Waals surface area contributed by atoms with Crippen molar-refractivity contribution in [2.45, 2.75) is 76.1 Å². The Morgan fingerprint density at radius 2 is 1.81 bits per heavy atom. The van der Waals surface area contributed by atoms with Crippen molar-refractivity contribution in [2.75, 3.05) is 13.1 Å². The summed E-state index contributed by atoms with van der Waals surface area (Å²) < 4.78 is 28.1. The lowest BCUT2D eigenvalue weighted by Crippen LogP contribution is -2.38. The van der Waals surface area contributed by atoms with Crippen molar-refractivity contribution < 1.29 is 13.2 Å². The molecule has 0 atom stereocenters. The molecule has 8 heteroatoms. The van der Waals surface area contributed by atoms with Gasteiger partial charge >= 0.3 is 4.87 Å². The Bertz CT molecular complexity index is 1140. The highest BCUT2D eigenvalue weighted by Crippen LogP contribution is 2.33. The van der Waals surface area contributed by atoms with Gasteiger partial charge in [0.15, 0.2) is 0 Å². The second-order valence-corrected chi connectivity index (χ2v) is 12.4. The van der Waals surface area contributed by atoms with Crippen LogP contribution in [0.3, 0.4) is 0 Å². The molecule has 1 aliphatic rings. The van der Waals surface area contributed by atoms with Gasteiger partial charge in [-0.25, -0.2) is 20.0 Å². The third-order valence-electron chi connectivity index (χ3n) is 6.13. The van der Waals surface area contributed by atoms with E-state index in [2.05, 4.69) is 30.2 Å². The van der Waals surface area contributed by atoms with Crippen molar-refractivity contribution >= 4 is 26.8 Å². The SMILES string of the molecule is [C-]#[N+]C(C)(C)S(=O)(=O)c1ccc2c(c1)nc(C(C)(C)C)n2CC1CCN(C(C)=O)CC1. The van der Waals surface area contributed by atoms with Crippen molar-refractivity contribution in [3.05, 3.63) is 35.4 Å². The Balaban J connectivity index is 2.02. The highest BCUT2D eigenvalue weighted by atomic mass is 32.2. The van der Waals surface area contributed by atoms with Gasteiger partial charge in [-0.15, -0.1) is 0 Å². The number of fused-ring (bicyclic) bond motifs is 1. The Kier molecular flexibility index (Phi) is 5.96. The number of hydrogen-bond donors (Lipinski definition) is 0. The molecule has 1 saturated heterocycles. The molecule has 0 radical (unpaired) electrons. The average Bonchev–Trinajstić information content (AvgIpc) is 3.06. The van der Waals surface area contributed by atoms with E-state index in [9.17, 15) is 13.2 Å². The number of rotatable bonds is 4. The maximum Gasteiger partial charge on any atom is 0.328 e. The third kappa shape index (κ3) is 4.33. The number of aromatic nitrogens is 2. The summed E-state index contributed by atoms with van der Waals surface area (Å²) in [7, 11) is -3.80. The number of carbonyl (C=O) groups is 1. The number of imidazole rings is 1. The second kappa shape index (κ2) is 7.94. The fourth-order valence-electron chi connectivity index (χ4n) is 4.07. The number of carbonyl (C=O) groups excluding carboxylic acids is 1. The summed E-state index contributed by atoms with van der Waals surface area (Å²) in [5, 5.41) is 0. The molecular formula is C23H32N4O3S. The summed E-state index contributed by atoms with van der Waals surface area (Å²) in [5.41, 5.74) is 1.32. The van der Waals surface area contributed by atoms with Gasteiger partial charge in [0.1, 0.15) is 5.82 Å². The highest BCUT2D eigenvalue weighted by molar-refractivity contribution is 7.93. The minimum atomic E-state index is -3.80. The van der Waals surface area contributed by atoms with Gasteiger partial charge in [-0.2, -0.15) is 0 Å². The Hall–Kier alpha value is -2.40. The Morgan fingerprint density at radius 1 is 1.19 bits per heavy atom. The number of amides is 1. The molecule has 0 N–H and O–H groups in total. The number of piperidine rings is 1. The van der Waals surface area contributed by atoms with E-state index >= 15 is 0 Å². The fourth-order valence-corrected chi connectivity index (χ4v) is 5.28. The molecule has 2 heterocycles. The van der Waals surface area contributed by atoms with E-state index in [0.29, 0.717) is 11.4 Å². The molecule has 1 amide bonds. The standard InChI is InChI=1S/C23H32N4O3S/c1-16(28)26-12-10-17(11-13-26)15-27-20-9-8-18(31(29,30)23(5,6)24-7)14-19(20)25-21(27)22(2,3)4/h8-9,14,17H,10-13,15H2,1-6H3. The van der Waals surface area contributed by atoms with Gasteiger partial charge in [0.05, 0.1) is 15.9 Å². The van der Waals surface area contributed by atoms with Crippen LogP contribution in [-0.4, -0.2) is 46.7 Å². The molecule has 1 fully saturated rings. The van der Waals surface area contributed by atoms with Crippen LogP contribution in [0.1, 0.15) is 60.2 Å². The number of nitrogens with zero attached hydrogens (tertiary/aromatic N) is 4. The van der Waals surface area contributed by atoms with Crippen LogP contribution in [0.4, 0.5) is 0 Å². The number of likely N-dealkylation sites (tertiary alicyclic amines) is 1. The molecule has 31 heavy (non-hydrogen) atoms. The first-order chi connectivity index (χ1) is 14.3. The minimum Gasteiger partial charge on any atom is -0.343 e. The quantitative estimate of drug-likeness (QED) is 0.668. The van der Waals surface area contributed by atoms with E-state index in [1.54, 1.807) is 19.1 Å². The maximum absolute atomic E-state index is 12.9. The zero-order chi connectivity index (χ0) is 23.2. The number of sulfone groups is 1. The zero-order valence-corrected chi connectivity index (χ0v) is 20.1. The van der Waals surface area contributed by atoms with Gasteiger partial charge in [-0.3, -0.25) is 9.64 Å². The monoisotopic (exact) mass is 444 g/mol. The van der Waals surface area contributed by atoms with E-state index in [1.165, 1.54) is 13.8 Å². The van der Waals surface area contributed by atoms with E-state index < -0.39 is 14.7 Å². The largest absolute Gasteiger partial charge is 0.343 e. The molecule has 2 aromatic rings. The lowest BCUT2D eigenvalue weighted by molar-refractivity contribution is -0.130. The van der Waals surface area contributed by atoms with Gasteiger partial charge < -0.3 is 9.47 Å². The van der Waals surface area contributed by atoms with Crippen LogP contribution in [0.5, 0.6) is 0 Å². The second-order valence-electron chi connectivity index (χ2n) is 9.96. The Morgan fingerprint density at radius 3 is 2.32 bits per heavy atom. The first kappa shape index (κ1) is 23.3. The molecule has 1 aliphatic heterocycles. The van der Waals surface area contributed by atoms with Crippen molar-refractivity contribution in [1.29, 1.82) is 0 Å². The van der Waals surface area contributed by atoms with Gasteiger partial charge in [0, 0.05) is 45.8 Å². The van der Waals surface area contributed by atoms with E-state index in [0.717, 1.165) is 43.8 Å². The molecule has 168 valence electrons. The predicted molar refractivity (Wildman–Crippen MR) is 121 cm³/mol. The average molecular weight is 445 g/mol. The third-order valence-corrected chi connectivity index (χ3v) is 8.41. The van der Waals surface area contributed by atoms with Crippen molar-refractivity contribution in [3.63, 3.8) is 0 Å². The minimum absolute atomic E-state index is 0.123. The summed E-state index contributed by atoms with van der Waals surface area (Å²) in [6.07, 6.45) is 1.88. The van der Waals surface area contributed by atoms with E-state index in [1.807, 2.05) is 11.0 Å². The molecule has 3 rings (SSSR count). The van der Waals surface area contributed by atoms with E-state index in [4.69, 9.17) is 11.6 Å². The molecule has 0 bridgehead atoms. The van der Waals surface area contributed by atoms with Crippen LogP contribution in [-0.2, 0) is 26.6 Å². The van der Waals surface area contributed by atoms with E-state index in [-0.39, 0.29) is 16.2 Å². The molecule has 0 aliphatic carbocycles. The topological polar surface area (TPSA) is 76.6 Å². The number of hydrogen-bond acceptors (Lipinski definition) is 4. The highest BCUT2D eigenvalue weighted by Gasteiger charge is 2.42. The fraction of sp³-hybridized carbons (Fsp3) is 0.609. The summed E-state index contributed by atoms with van der Waals surface area (Å²) >= 11 is 0. The summed E-state index contributed by atoms with van der Waals surface area (Å²) in [5.74, 6) is 1.46. The lowest BCUT2D eigenvalue weighted by Gasteiger charge is -2.32. The molecule has 1 aromatic heterocycles. The lowest BCUT2D eigenvalue weighted by atomic mass is 9.93. The molecular weight excluding hydrogens is 412 g/mol. The first-order valence-corrected chi connectivity index (χ1v) is 12.2. The normalized spacial score (nSPS) is 16.5. The van der Waals surface area contributed by atoms with Crippen LogP contribution >= 0.6 is 0 Å². The van der Waals surface area contributed by atoms with Crippen LogP contribution < -0.4 is 0 Å². The van der Waals surface area contributed by atoms with Gasteiger partial charge in [0.2, 0.25) is 5.91 Å². The first-order valence-electron chi connectivity index (χ1n) is 10.7. The summed E-state index contributed by atoms with van der Waals surface area (Å²) in [4.78, 5) is 20.3. The van der Waals surface area contributed by atoms with Crippen molar-refractivity contribution in [1.82, 2.24) is 14.5 Å². The van der Waals surface area contributed by atoms with Crippen LogP contribution in [0.25, 0.3) is 15.9 Å². The maximum atomic E-state index is 12.9. The van der Waals surface area contributed by atoms with Gasteiger partial charge in [-0.05, 0) is 37.0 Å². The summed E-state index contributed by atoms with van der Waals surface area (Å²) in [6.45, 7) is 20.4. The summed E-state index contributed by atoms with van der Waals surface area (Å²) in [6, 6.07) is 5.00. The molecule has 7 nitrogen and oxygen atoms in total. The number of benzene rings is 1. The van der Waals surface area contributed by atoms with Gasteiger partial charge in [0.25, 0.3) is 9.84 Å². The Labute approximate surface area is 185 Å².